The van der Waals surface area contributed by atoms with Crippen molar-refractivity contribution >= 4 is 22.7 Å². The molecule has 1 aromatic heterocycles. The van der Waals surface area contributed by atoms with Crippen molar-refractivity contribution in [2.45, 2.75) is 6.61 Å². The second kappa shape index (κ2) is 5.35. The molecule has 3 rings (SSSR count). The summed E-state index contributed by atoms with van der Waals surface area (Å²) in [6, 6.07) is 13.5. The van der Waals surface area contributed by atoms with Crippen molar-refractivity contribution in [3.8, 4) is 11.1 Å². The monoisotopic (exact) mass is 281 g/mol. The van der Waals surface area contributed by atoms with E-state index in [2.05, 4.69) is 15.4 Å². The van der Waals surface area contributed by atoms with Crippen LogP contribution in [0.4, 0.5) is 11.8 Å². The van der Waals surface area contributed by atoms with Gasteiger partial charge in [-0.25, -0.2) is 10.8 Å². The number of aliphatic hydroxyl groups is 1. The molecular formula is C15H15N5O. The molecule has 6 N–H and O–H groups in total. The third kappa shape index (κ3) is 2.49. The van der Waals surface area contributed by atoms with Crippen molar-refractivity contribution in [3.63, 3.8) is 0 Å². The molecule has 0 aliphatic heterocycles. The summed E-state index contributed by atoms with van der Waals surface area (Å²) in [4.78, 5) is 8.26. The van der Waals surface area contributed by atoms with Crippen LogP contribution in [0.2, 0.25) is 0 Å². The van der Waals surface area contributed by atoms with Gasteiger partial charge in [-0.15, -0.1) is 0 Å². The predicted molar refractivity (Wildman–Crippen MR) is 83.1 cm³/mol. The van der Waals surface area contributed by atoms with Crippen molar-refractivity contribution in [1.82, 2.24) is 9.97 Å². The summed E-state index contributed by atoms with van der Waals surface area (Å²) >= 11 is 0. The van der Waals surface area contributed by atoms with E-state index in [4.69, 9.17) is 11.6 Å². The van der Waals surface area contributed by atoms with Gasteiger partial charge in [0.1, 0.15) is 0 Å². The lowest BCUT2D eigenvalue weighted by molar-refractivity contribution is 0.282. The van der Waals surface area contributed by atoms with E-state index >= 15 is 0 Å². The number of fused-ring (bicyclic) bond motifs is 1. The molecule has 0 aliphatic rings. The van der Waals surface area contributed by atoms with E-state index < -0.39 is 0 Å². The molecule has 0 atom stereocenters. The number of nitrogens with zero attached hydrogens (tertiary/aromatic N) is 2. The first-order chi connectivity index (χ1) is 10.2. The molecule has 0 spiro atoms. The fourth-order valence-corrected chi connectivity index (χ4v) is 2.29. The van der Waals surface area contributed by atoms with Gasteiger partial charge in [0.05, 0.1) is 12.1 Å². The fourth-order valence-electron chi connectivity index (χ4n) is 2.29. The van der Waals surface area contributed by atoms with Crippen LogP contribution in [0.25, 0.3) is 22.0 Å². The van der Waals surface area contributed by atoms with Crippen LogP contribution < -0.4 is 17.0 Å². The number of hydrazine groups is 1. The molecule has 6 heteroatoms. The summed E-state index contributed by atoms with van der Waals surface area (Å²) in [5, 5.41) is 10.0. The van der Waals surface area contributed by atoms with Gasteiger partial charge in [-0.05, 0) is 34.9 Å². The number of aromatic nitrogens is 2. The summed E-state index contributed by atoms with van der Waals surface area (Å²) < 4.78 is 0. The smallest absolute Gasteiger partial charge is 0.222 e. The molecule has 3 aromatic rings. The Balaban J connectivity index is 2.18. The Morgan fingerprint density at radius 1 is 1.05 bits per heavy atom. The third-order valence-corrected chi connectivity index (χ3v) is 3.29. The van der Waals surface area contributed by atoms with Crippen LogP contribution in [0.5, 0.6) is 0 Å². The first kappa shape index (κ1) is 13.3. The highest BCUT2D eigenvalue weighted by Gasteiger charge is 2.07. The summed E-state index contributed by atoms with van der Waals surface area (Å²) in [5.74, 6) is 6.15. The van der Waals surface area contributed by atoms with Crippen molar-refractivity contribution in [2.24, 2.45) is 5.84 Å². The molecular weight excluding hydrogens is 266 g/mol. The van der Waals surface area contributed by atoms with Crippen molar-refractivity contribution in [3.05, 3.63) is 48.0 Å². The molecule has 0 fully saturated rings. The normalized spacial score (nSPS) is 10.8. The Hall–Kier alpha value is -2.70. The number of rotatable bonds is 3. The topological polar surface area (TPSA) is 110 Å². The molecule has 0 saturated carbocycles. The van der Waals surface area contributed by atoms with Crippen LogP contribution in [0.1, 0.15) is 5.56 Å². The van der Waals surface area contributed by atoms with Gasteiger partial charge < -0.3 is 16.3 Å². The van der Waals surface area contributed by atoms with Gasteiger partial charge >= 0.3 is 0 Å². The van der Waals surface area contributed by atoms with Crippen LogP contribution in [-0.4, -0.2) is 15.1 Å². The standard InChI is InChI=1S/C15H15N5O/c16-15-18-13-5-4-11(7-12(13)14(19-15)20-17)10-3-1-2-9(6-10)8-21/h1-7,21H,8,17H2,(H3,16,18,19,20). The maximum atomic E-state index is 9.23. The number of benzene rings is 2. The average molecular weight is 281 g/mol. The van der Waals surface area contributed by atoms with Crippen LogP contribution in [0.15, 0.2) is 42.5 Å². The van der Waals surface area contributed by atoms with Crippen molar-refractivity contribution < 1.29 is 5.11 Å². The Morgan fingerprint density at radius 3 is 2.62 bits per heavy atom. The van der Waals surface area contributed by atoms with Gasteiger partial charge in [0.2, 0.25) is 5.95 Å². The van der Waals surface area contributed by atoms with E-state index in [0.29, 0.717) is 5.82 Å². The third-order valence-electron chi connectivity index (χ3n) is 3.29. The number of nitrogens with two attached hydrogens (primary N) is 2. The number of hydrogen-bond acceptors (Lipinski definition) is 6. The lowest BCUT2D eigenvalue weighted by Gasteiger charge is -2.09. The molecule has 0 amide bonds. The van der Waals surface area contributed by atoms with Crippen molar-refractivity contribution in [1.29, 1.82) is 0 Å². The molecule has 106 valence electrons. The van der Waals surface area contributed by atoms with E-state index in [1.165, 1.54) is 0 Å². The second-order valence-electron chi connectivity index (χ2n) is 4.67. The largest absolute Gasteiger partial charge is 0.392 e. The molecule has 0 aliphatic carbocycles. The van der Waals surface area contributed by atoms with Crippen LogP contribution in [0, 0.1) is 0 Å². The molecule has 1 heterocycles. The first-order valence-electron chi connectivity index (χ1n) is 6.45. The minimum Gasteiger partial charge on any atom is -0.392 e. The van der Waals surface area contributed by atoms with Crippen LogP contribution in [0.3, 0.4) is 0 Å². The highest BCUT2D eigenvalue weighted by molar-refractivity contribution is 5.93. The van der Waals surface area contributed by atoms with Gasteiger partial charge in [0, 0.05) is 5.39 Å². The Labute approximate surface area is 121 Å². The Kier molecular flexibility index (Phi) is 3.39. The quantitative estimate of drug-likeness (QED) is 0.429. The van der Waals surface area contributed by atoms with E-state index in [0.717, 1.165) is 27.6 Å². The van der Waals surface area contributed by atoms with Gasteiger partial charge in [-0.2, -0.15) is 4.98 Å². The van der Waals surface area contributed by atoms with E-state index in [9.17, 15) is 5.11 Å². The van der Waals surface area contributed by atoms with Gasteiger partial charge in [-0.1, -0.05) is 24.3 Å². The molecule has 21 heavy (non-hydrogen) atoms. The second-order valence-corrected chi connectivity index (χ2v) is 4.67. The summed E-state index contributed by atoms with van der Waals surface area (Å²) in [6.45, 7) is 0.0106. The summed E-state index contributed by atoms with van der Waals surface area (Å²) in [7, 11) is 0. The zero-order valence-corrected chi connectivity index (χ0v) is 11.2. The molecule has 6 nitrogen and oxygen atoms in total. The summed E-state index contributed by atoms with van der Waals surface area (Å²) in [6.07, 6.45) is 0. The first-order valence-corrected chi connectivity index (χ1v) is 6.45. The molecule has 0 bridgehead atoms. The zero-order valence-electron chi connectivity index (χ0n) is 11.2. The number of nitrogens with one attached hydrogen (secondary N) is 1. The minimum absolute atomic E-state index is 0.0106. The lowest BCUT2D eigenvalue weighted by Crippen LogP contribution is -2.11. The average Bonchev–Trinajstić information content (AvgIpc) is 2.53. The maximum absolute atomic E-state index is 9.23. The zero-order chi connectivity index (χ0) is 14.8. The van der Waals surface area contributed by atoms with E-state index in [1.807, 2.05) is 42.5 Å². The fraction of sp³-hybridized carbons (Fsp3) is 0.0667. The maximum Gasteiger partial charge on any atom is 0.222 e. The molecule has 2 aromatic carbocycles. The van der Waals surface area contributed by atoms with Gasteiger partial charge in [-0.3, -0.25) is 0 Å². The van der Waals surface area contributed by atoms with Crippen LogP contribution >= 0.6 is 0 Å². The minimum atomic E-state index is 0.0106. The van der Waals surface area contributed by atoms with E-state index in [-0.39, 0.29) is 12.6 Å². The number of nitrogen functional groups attached to an aromatic ring is 2. The lowest BCUT2D eigenvalue weighted by atomic mass is 10.0. The highest BCUT2D eigenvalue weighted by Crippen LogP contribution is 2.28. The number of aliphatic hydroxyl groups excluding tert-OH is 1. The highest BCUT2D eigenvalue weighted by atomic mass is 16.3. The van der Waals surface area contributed by atoms with E-state index in [1.54, 1.807) is 0 Å². The van der Waals surface area contributed by atoms with Crippen molar-refractivity contribution in [2.75, 3.05) is 11.2 Å². The van der Waals surface area contributed by atoms with Gasteiger partial charge in [0.15, 0.2) is 5.82 Å². The Morgan fingerprint density at radius 2 is 1.86 bits per heavy atom. The summed E-state index contributed by atoms with van der Waals surface area (Å²) in [5.41, 5.74) is 11.8. The van der Waals surface area contributed by atoms with Crippen LogP contribution in [-0.2, 0) is 6.61 Å². The molecule has 0 radical (unpaired) electrons. The Bertz CT molecular complexity index is 803. The number of anilines is 2. The van der Waals surface area contributed by atoms with Gasteiger partial charge in [0.25, 0.3) is 0 Å². The number of hydrogen-bond donors (Lipinski definition) is 4. The molecule has 0 saturated heterocycles. The predicted octanol–water partition coefficient (Wildman–Crippen LogP) is 1.66. The SMILES string of the molecule is NNc1nc(N)nc2ccc(-c3cccc(CO)c3)cc12. The molecule has 0 unspecified atom stereocenters.